The van der Waals surface area contributed by atoms with E-state index in [0.717, 1.165) is 6.42 Å². The van der Waals surface area contributed by atoms with Crippen LogP contribution in [0.15, 0.2) is 65.7 Å². The van der Waals surface area contributed by atoms with Gasteiger partial charge in [0.15, 0.2) is 5.96 Å². The Morgan fingerprint density at radius 3 is 2.19 bits per heavy atom. The number of nitrogens with zero attached hydrogens (tertiary/aromatic N) is 1. The molecule has 2 aromatic carbocycles. The monoisotopic (exact) mass is 373 g/mol. The summed E-state index contributed by atoms with van der Waals surface area (Å²) in [6.45, 7) is 1.05. The molecule has 6 heteroatoms. The standard InChI is InChI=1S/C20H27N3O2S/c1-21-20(22-13-14-26(2,24)25)23-16-19(18-11-7-4-8-12-18)15-17-9-5-3-6-10-17/h3-12,19H,13-16H2,1-2H3,(H2,21,22,23). The summed E-state index contributed by atoms with van der Waals surface area (Å²) in [6.07, 6.45) is 2.15. The second-order valence-electron chi connectivity index (χ2n) is 6.31. The van der Waals surface area contributed by atoms with Gasteiger partial charge in [-0.1, -0.05) is 60.7 Å². The van der Waals surface area contributed by atoms with E-state index in [1.807, 2.05) is 24.3 Å². The molecule has 0 radical (unpaired) electrons. The van der Waals surface area contributed by atoms with Crippen LogP contribution in [0.3, 0.4) is 0 Å². The van der Waals surface area contributed by atoms with Crippen molar-refractivity contribution < 1.29 is 8.42 Å². The Morgan fingerprint density at radius 1 is 1.00 bits per heavy atom. The van der Waals surface area contributed by atoms with Crippen LogP contribution in [0.2, 0.25) is 0 Å². The van der Waals surface area contributed by atoms with E-state index >= 15 is 0 Å². The van der Waals surface area contributed by atoms with E-state index in [2.05, 4.69) is 52.0 Å². The number of aliphatic imine (C=N–C) groups is 1. The van der Waals surface area contributed by atoms with E-state index in [4.69, 9.17) is 0 Å². The molecule has 0 amide bonds. The fourth-order valence-corrected chi connectivity index (χ4v) is 3.20. The molecule has 140 valence electrons. The zero-order valence-corrected chi connectivity index (χ0v) is 16.2. The minimum atomic E-state index is -2.99. The van der Waals surface area contributed by atoms with Gasteiger partial charge in [-0.25, -0.2) is 8.42 Å². The molecule has 1 atom stereocenters. The van der Waals surface area contributed by atoms with Gasteiger partial charge in [0.05, 0.1) is 5.75 Å². The molecule has 0 fully saturated rings. The lowest BCUT2D eigenvalue weighted by Crippen LogP contribution is -2.41. The van der Waals surface area contributed by atoms with Crippen molar-refractivity contribution >= 4 is 15.8 Å². The molecule has 1 unspecified atom stereocenters. The molecule has 2 N–H and O–H groups in total. The van der Waals surface area contributed by atoms with Crippen molar-refractivity contribution in [1.29, 1.82) is 0 Å². The minimum Gasteiger partial charge on any atom is -0.356 e. The van der Waals surface area contributed by atoms with Crippen LogP contribution in [0.25, 0.3) is 0 Å². The average molecular weight is 374 g/mol. The third-order valence-corrected chi connectivity index (χ3v) is 5.05. The molecule has 0 saturated carbocycles. The summed E-state index contributed by atoms with van der Waals surface area (Å²) in [5.41, 5.74) is 2.54. The first-order chi connectivity index (χ1) is 12.5. The van der Waals surface area contributed by atoms with Crippen molar-refractivity contribution in [3.05, 3.63) is 71.8 Å². The smallest absolute Gasteiger partial charge is 0.191 e. The molecular weight excluding hydrogens is 346 g/mol. The summed E-state index contributed by atoms with van der Waals surface area (Å²) in [5.74, 6) is 0.981. The average Bonchev–Trinajstić information content (AvgIpc) is 2.64. The van der Waals surface area contributed by atoms with Gasteiger partial charge in [-0.05, 0) is 17.5 Å². The maximum Gasteiger partial charge on any atom is 0.191 e. The van der Waals surface area contributed by atoms with E-state index in [-0.39, 0.29) is 11.7 Å². The minimum absolute atomic E-state index is 0.0832. The quantitative estimate of drug-likeness (QED) is 0.550. The summed E-state index contributed by atoms with van der Waals surface area (Å²) in [4.78, 5) is 4.18. The van der Waals surface area contributed by atoms with Gasteiger partial charge in [-0.15, -0.1) is 0 Å². The SMILES string of the molecule is CN=C(NCCS(C)(=O)=O)NCC(Cc1ccccc1)c1ccccc1. The van der Waals surface area contributed by atoms with Crippen LogP contribution < -0.4 is 10.6 Å². The first kappa shape index (κ1) is 20.0. The molecule has 0 bridgehead atoms. The van der Waals surface area contributed by atoms with Crippen LogP contribution in [-0.4, -0.2) is 46.5 Å². The van der Waals surface area contributed by atoms with Crippen LogP contribution in [0.1, 0.15) is 17.0 Å². The van der Waals surface area contributed by atoms with Crippen LogP contribution in [0.5, 0.6) is 0 Å². The Bertz CT molecular complexity index is 790. The first-order valence-electron chi connectivity index (χ1n) is 8.69. The Kier molecular flexibility index (Phi) is 7.66. The Balaban J connectivity index is 1.99. The van der Waals surface area contributed by atoms with Gasteiger partial charge in [-0.3, -0.25) is 4.99 Å². The Labute approximate surface area is 156 Å². The third-order valence-electron chi connectivity index (χ3n) is 4.10. The van der Waals surface area contributed by atoms with Gasteiger partial charge in [0.1, 0.15) is 9.84 Å². The van der Waals surface area contributed by atoms with Gasteiger partial charge in [0.2, 0.25) is 0 Å². The highest BCUT2D eigenvalue weighted by Crippen LogP contribution is 2.20. The largest absolute Gasteiger partial charge is 0.356 e. The zero-order valence-electron chi connectivity index (χ0n) is 15.4. The van der Waals surface area contributed by atoms with Crippen molar-refractivity contribution in [2.75, 3.05) is 32.1 Å². The molecular formula is C20H27N3O2S. The van der Waals surface area contributed by atoms with Gasteiger partial charge in [0.25, 0.3) is 0 Å². The molecule has 2 aromatic rings. The lowest BCUT2D eigenvalue weighted by Gasteiger charge is -2.20. The Hall–Kier alpha value is -2.34. The van der Waals surface area contributed by atoms with Crippen molar-refractivity contribution in [3.8, 4) is 0 Å². The molecule has 0 aromatic heterocycles. The summed E-state index contributed by atoms with van der Waals surface area (Å²) < 4.78 is 22.5. The molecule has 2 rings (SSSR count). The van der Waals surface area contributed by atoms with Crippen LogP contribution >= 0.6 is 0 Å². The molecule has 0 spiro atoms. The van der Waals surface area contributed by atoms with Crippen LogP contribution in [-0.2, 0) is 16.3 Å². The van der Waals surface area contributed by atoms with Crippen molar-refractivity contribution in [2.45, 2.75) is 12.3 Å². The number of guanidine groups is 1. The highest BCUT2D eigenvalue weighted by Gasteiger charge is 2.13. The second-order valence-corrected chi connectivity index (χ2v) is 8.57. The number of sulfone groups is 1. The molecule has 0 saturated heterocycles. The van der Waals surface area contributed by atoms with Crippen LogP contribution in [0.4, 0.5) is 0 Å². The summed E-state index contributed by atoms with van der Waals surface area (Å²) in [7, 11) is -1.30. The van der Waals surface area contributed by atoms with Gasteiger partial charge in [0, 0.05) is 32.3 Å². The molecule has 26 heavy (non-hydrogen) atoms. The van der Waals surface area contributed by atoms with Gasteiger partial charge in [-0.2, -0.15) is 0 Å². The molecule has 0 aliphatic rings. The summed E-state index contributed by atoms with van der Waals surface area (Å²) >= 11 is 0. The predicted molar refractivity (Wildman–Crippen MR) is 108 cm³/mol. The van der Waals surface area contributed by atoms with E-state index in [1.54, 1.807) is 7.05 Å². The maximum absolute atomic E-state index is 11.3. The normalized spacial score (nSPS) is 13.2. The van der Waals surface area contributed by atoms with Gasteiger partial charge < -0.3 is 10.6 Å². The number of benzene rings is 2. The van der Waals surface area contributed by atoms with Crippen molar-refractivity contribution in [2.24, 2.45) is 4.99 Å². The first-order valence-corrected chi connectivity index (χ1v) is 10.7. The van der Waals surface area contributed by atoms with Crippen LogP contribution in [0, 0.1) is 0 Å². The number of hydrogen-bond acceptors (Lipinski definition) is 3. The topological polar surface area (TPSA) is 70.6 Å². The highest BCUT2D eigenvalue weighted by atomic mass is 32.2. The lowest BCUT2D eigenvalue weighted by atomic mass is 9.92. The van der Waals surface area contributed by atoms with Crippen molar-refractivity contribution in [3.63, 3.8) is 0 Å². The third kappa shape index (κ3) is 7.27. The fourth-order valence-electron chi connectivity index (χ4n) is 2.73. The highest BCUT2D eigenvalue weighted by molar-refractivity contribution is 7.90. The van der Waals surface area contributed by atoms with Gasteiger partial charge >= 0.3 is 0 Å². The molecule has 0 aliphatic carbocycles. The Morgan fingerprint density at radius 2 is 1.62 bits per heavy atom. The summed E-state index contributed by atoms with van der Waals surface area (Å²) in [6, 6.07) is 20.8. The van der Waals surface area contributed by atoms with Crippen molar-refractivity contribution in [1.82, 2.24) is 10.6 Å². The van der Waals surface area contributed by atoms with E-state index in [0.29, 0.717) is 19.0 Å². The van der Waals surface area contributed by atoms with E-state index < -0.39 is 9.84 Å². The molecule has 0 heterocycles. The zero-order chi connectivity index (χ0) is 18.8. The lowest BCUT2D eigenvalue weighted by molar-refractivity contribution is 0.600. The number of rotatable bonds is 8. The number of nitrogens with one attached hydrogen (secondary N) is 2. The second kappa shape index (κ2) is 9.97. The summed E-state index contributed by atoms with van der Waals surface area (Å²) in [5, 5.41) is 6.37. The maximum atomic E-state index is 11.3. The number of hydrogen-bond donors (Lipinski definition) is 2. The van der Waals surface area contributed by atoms with E-state index in [9.17, 15) is 8.42 Å². The fraction of sp³-hybridized carbons (Fsp3) is 0.350. The molecule has 5 nitrogen and oxygen atoms in total. The van der Waals surface area contributed by atoms with E-state index in [1.165, 1.54) is 17.4 Å². The predicted octanol–water partition coefficient (Wildman–Crippen LogP) is 2.22. The molecule has 0 aliphatic heterocycles.